The van der Waals surface area contributed by atoms with E-state index in [1.807, 2.05) is 0 Å². The third kappa shape index (κ3) is 2.12. The van der Waals surface area contributed by atoms with Crippen LogP contribution >= 0.6 is 0 Å². The monoisotopic (exact) mass is 266 g/mol. The van der Waals surface area contributed by atoms with Crippen LogP contribution in [0, 0.1) is 29.4 Å². The van der Waals surface area contributed by atoms with Gasteiger partial charge in [0.1, 0.15) is 11.6 Å². The molecule has 0 aliphatic heterocycles. The lowest BCUT2D eigenvalue weighted by Crippen LogP contribution is -2.42. The molecule has 0 aromatic heterocycles. The van der Waals surface area contributed by atoms with E-state index in [9.17, 15) is 13.6 Å². The average Bonchev–Trinajstić information content (AvgIpc) is 2.93. The number of benzene rings is 1. The van der Waals surface area contributed by atoms with Crippen LogP contribution in [-0.4, -0.2) is 11.9 Å². The van der Waals surface area contributed by atoms with E-state index in [4.69, 9.17) is 5.73 Å². The first-order valence-corrected chi connectivity index (χ1v) is 6.58. The minimum atomic E-state index is -0.759. The molecule has 19 heavy (non-hydrogen) atoms. The summed E-state index contributed by atoms with van der Waals surface area (Å²) in [6.45, 7) is 0. The number of carbonyl (C=O) groups excluding carboxylic acids is 1. The number of carbonyl (C=O) groups is 1. The molecule has 1 amide bonds. The number of fused-ring (bicyclic) bond motifs is 2. The SMILES string of the molecule is NC1C2CCC(C2)C1C(=O)Nc1ccc(F)cc1F. The molecule has 2 fully saturated rings. The zero-order valence-corrected chi connectivity index (χ0v) is 10.4. The largest absolute Gasteiger partial charge is 0.327 e. The van der Waals surface area contributed by atoms with Crippen molar-refractivity contribution < 1.29 is 13.6 Å². The van der Waals surface area contributed by atoms with Crippen molar-refractivity contribution >= 4 is 11.6 Å². The van der Waals surface area contributed by atoms with Crippen LogP contribution in [0.15, 0.2) is 18.2 Å². The van der Waals surface area contributed by atoms with Crippen molar-refractivity contribution in [3.63, 3.8) is 0 Å². The second kappa shape index (κ2) is 4.56. The first kappa shape index (κ1) is 12.5. The topological polar surface area (TPSA) is 55.1 Å². The lowest BCUT2D eigenvalue weighted by atomic mass is 9.84. The van der Waals surface area contributed by atoms with Crippen LogP contribution in [-0.2, 0) is 4.79 Å². The third-order valence-corrected chi connectivity index (χ3v) is 4.47. The molecule has 3 rings (SSSR count). The van der Waals surface area contributed by atoms with Gasteiger partial charge in [-0.2, -0.15) is 0 Å². The summed E-state index contributed by atoms with van der Waals surface area (Å²) in [5, 5.41) is 2.53. The number of hydrogen-bond donors (Lipinski definition) is 2. The molecule has 3 N–H and O–H groups in total. The second-order valence-corrected chi connectivity index (χ2v) is 5.55. The number of anilines is 1. The van der Waals surface area contributed by atoms with Gasteiger partial charge in [-0.3, -0.25) is 4.79 Å². The maximum atomic E-state index is 13.5. The van der Waals surface area contributed by atoms with Crippen molar-refractivity contribution in [1.29, 1.82) is 0 Å². The molecule has 2 aliphatic carbocycles. The van der Waals surface area contributed by atoms with Crippen molar-refractivity contribution in [1.82, 2.24) is 0 Å². The zero-order valence-electron chi connectivity index (χ0n) is 10.4. The Morgan fingerprint density at radius 1 is 1.26 bits per heavy atom. The van der Waals surface area contributed by atoms with Crippen LogP contribution in [0.3, 0.4) is 0 Å². The van der Waals surface area contributed by atoms with Crippen molar-refractivity contribution in [2.45, 2.75) is 25.3 Å². The fourth-order valence-electron chi connectivity index (χ4n) is 3.53. The lowest BCUT2D eigenvalue weighted by Gasteiger charge is -2.27. The summed E-state index contributed by atoms with van der Waals surface area (Å²) in [5.74, 6) is -1.19. The van der Waals surface area contributed by atoms with E-state index in [1.54, 1.807) is 0 Å². The van der Waals surface area contributed by atoms with Crippen molar-refractivity contribution in [3.8, 4) is 0 Å². The maximum absolute atomic E-state index is 13.5. The minimum absolute atomic E-state index is 0.0152. The Hall–Kier alpha value is -1.49. The van der Waals surface area contributed by atoms with Gasteiger partial charge in [0.15, 0.2) is 0 Å². The second-order valence-electron chi connectivity index (χ2n) is 5.55. The Balaban J connectivity index is 1.75. The van der Waals surface area contributed by atoms with E-state index in [0.29, 0.717) is 11.8 Å². The molecule has 0 saturated heterocycles. The van der Waals surface area contributed by atoms with Gasteiger partial charge in [-0.05, 0) is 43.2 Å². The first-order chi connectivity index (χ1) is 9.06. The standard InChI is InChI=1S/C14H16F2N2O/c15-9-3-4-11(10(16)6-9)18-14(19)12-7-1-2-8(5-7)13(12)17/h3-4,6-8,12-13H,1-2,5,17H2,(H,18,19). The maximum Gasteiger partial charge on any atom is 0.229 e. The summed E-state index contributed by atoms with van der Waals surface area (Å²) in [7, 11) is 0. The molecule has 3 nitrogen and oxygen atoms in total. The van der Waals surface area contributed by atoms with Crippen LogP contribution in [0.4, 0.5) is 14.5 Å². The summed E-state index contributed by atoms with van der Waals surface area (Å²) >= 11 is 0. The normalized spacial score (nSPS) is 32.6. The highest BCUT2D eigenvalue weighted by atomic mass is 19.1. The number of amides is 1. The van der Waals surface area contributed by atoms with Crippen molar-refractivity contribution in [3.05, 3.63) is 29.8 Å². The van der Waals surface area contributed by atoms with Gasteiger partial charge in [-0.25, -0.2) is 8.78 Å². The van der Waals surface area contributed by atoms with Gasteiger partial charge in [-0.15, -0.1) is 0 Å². The molecule has 0 spiro atoms. The lowest BCUT2D eigenvalue weighted by molar-refractivity contribution is -0.121. The van der Waals surface area contributed by atoms with Crippen LogP contribution in [0.5, 0.6) is 0 Å². The molecule has 2 saturated carbocycles. The van der Waals surface area contributed by atoms with Crippen LogP contribution < -0.4 is 11.1 Å². The van der Waals surface area contributed by atoms with E-state index in [-0.39, 0.29) is 23.6 Å². The molecule has 4 atom stereocenters. The van der Waals surface area contributed by atoms with Gasteiger partial charge >= 0.3 is 0 Å². The summed E-state index contributed by atoms with van der Waals surface area (Å²) in [6, 6.07) is 2.99. The molecular weight excluding hydrogens is 250 g/mol. The number of nitrogens with one attached hydrogen (secondary N) is 1. The molecule has 4 unspecified atom stereocenters. The van der Waals surface area contributed by atoms with Crippen molar-refractivity contribution in [2.24, 2.45) is 23.5 Å². The Morgan fingerprint density at radius 3 is 2.63 bits per heavy atom. The molecule has 5 heteroatoms. The number of halogens is 2. The first-order valence-electron chi connectivity index (χ1n) is 6.58. The van der Waals surface area contributed by atoms with Gasteiger partial charge in [0.2, 0.25) is 5.91 Å². The van der Waals surface area contributed by atoms with Gasteiger partial charge < -0.3 is 11.1 Å². The average molecular weight is 266 g/mol. The molecule has 2 aliphatic rings. The van der Waals surface area contributed by atoms with Crippen LogP contribution in [0.1, 0.15) is 19.3 Å². The van der Waals surface area contributed by atoms with Crippen LogP contribution in [0.25, 0.3) is 0 Å². The highest BCUT2D eigenvalue weighted by molar-refractivity contribution is 5.93. The van der Waals surface area contributed by atoms with Gasteiger partial charge in [0.05, 0.1) is 11.6 Å². The molecule has 1 aromatic rings. The molecule has 0 heterocycles. The smallest absolute Gasteiger partial charge is 0.229 e. The molecule has 2 bridgehead atoms. The van der Waals surface area contributed by atoms with Gasteiger partial charge in [0, 0.05) is 12.1 Å². The highest BCUT2D eigenvalue weighted by Crippen LogP contribution is 2.47. The van der Waals surface area contributed by atoms with E-state index in [0.717, 1.165) is 31.4 Å². The fraction of sp³-hybridized carbons (Fsp3) is 0.500. The van der Waals surface area contributed by atoms with Gasteiger partial charge in [0.25, 0.3) is 0 Å². The Bertz CT molecular complexity index is 518. The Labute approximate surface area is 110 Å². The summed E-state index contributed by atoms with van der Waals surface area (Å²) in [5.41, 5.74) is 6.08. The van der Waals surface area contributed by atoms with Crippen LogP contribution in [0.2, 0.25) is 0 Å². The summed E-state index contributed by atoms with van der Waals surface area (Å²) < 4.78 is 26.3. The third-order valence-electron chi connectivity index (χ3n) is 4.47. The molecule has 102 valence electrons. The minimum Gasteiger partial charge on any atom is -0.327 e. The number of hydrogen-bond acceptors (Lipinski definition) is 2. The van der Waals surface area contributed by atoms with Crippen molar-refractivity contribution in [2.75, 3.05) is 5.32 Å². The quantitative estimate of drug-likeness (QED) is 0.862. The summed E-state index contributed by atoms with van der Waals surface area (Å²) in [4.78, 5) is 12.2. The van der Waals surface area contributed by atoms with E-state index in [1.165, 1.54) is 6.07 Å². The Morgan fingerprint density at radius 2 is 2.00 bits per heavy atom. The van der Waals surface area contributed by atoms with Gasteiger partial charge in [-0.1, -0.05) is 0 Å². The molecule has 0 radical (unpaired) electrons. The number of nitrogens with two attached hydrogens (primary N) is 1. The van der Waals surface area contributed by atoms with E-state index in [2.05, 4.69) is 5.32 Å². The van der Waals surface area contributed by atoms with E-state index < -0.39 is 11.6 Å². The Kier molecular flexibility index (Phi) is 3.01. The predicted octanol–water partition coefficient (Wildman–Crippen LogP) is 2.28. The fourth-order valence-corrected chi connectivity index (χ4v) is 3.53. The zero-order chi connectivity index (χ0) is 13.6. The summed E-state index contributed by atoms with van der Waals surface area (Å²) in [6.07, 6.45) is 3.09. The molecule has 1 aromatic carbocycles. The highest BCUT2D eigenvalue weighted by Gasteiger charge is 2.49. The van der Waals surface area contributed by atoms with E-state index >= 15 is 0 Å². The number of rotatable bonds is 2. The predicted molar refractivity (Wildman–Crippen MR) is 67.3 cm³/mol. The molecular formula is C14H16F2N2O.